The molecule has 7 nitrogen and oxygen atoms in total. The number of carboxylic acids is 1. The average molecular weight is 392 g/mol. The number of methoxy groups -OCH3 is 1. The molecule has 29 heavy (non-hydrogen) atoms. The van der Waals surface area contributed by atoms with Crippen molar-refractivity contribution < 1.29 is 14.6 Å². The molecule has 0 spiro atoms. The third kappa shape index (κ3) is 3.38. The number of hydrogen-bond donors (Lipinski definition) is 2. The largest absolute Gasteiger partial charge is 0.496 e. The van der Waals surface area contributed by atoms with Crippen molar-refractivity contribution in [3.05, 3.63) is 57.9 Å². The highest BCUT2D eigenvalue weighted by Gasteiger charge is 2.37. The molecule has 0 amide bonds. The first kappa shape index (κ1) is 20.2. The fourth-order valence-electron chi connectivity index (χ4n) is 3.74. The second kappa shape index (κ2) is 7.84. The van der Waals surface area contributed by atoms with Crippen molar-refractivity contribution in [1.82, 2.24) is 4.98 Å². The minimum atomic E-state index is -1.01. The molecule has 2 aromatic rings. The third-order valence-corrected chi connectivity index (χ3v) is 5.32. The molecule has 0 saturated heterocycles. The van der Waals surface area contributed by atoms with Gasteiger partial charge < -0.3 is 20.1 Å². The molecule has 0 fully saturated rings. The Kier molecular flexibility index (Phi) is 5.46. The maximum Gasteiger partial charge on any atom is 0.334 e. The number of nitrogens with one attached hydrogen (secondary N) is 1. The summed E-state index contributed by atoms with van der Waals surface area (Å²) in [6.45, 7) is 6.44. The van der Waals surface area contributed by atoms with Gasteiger partial charge in [-0.05, 0) is 38.5 Å². The van der Waals surface area contributed by atoms with Crippen LogP contribution in [-0.4, -0.2) is 36.8 Å². The number of aliphatic carboxylic acids is 1. The number of anilines is 2. The van der Waals surface area contributed by atoms with Crippen molar-refractivity contribution in [2.24, 2.45) is 0 Å². The predicted molar refractivity (Wildman–Crippen MR) is 111 cm³/mol. The number of nitrogens with zero attached hydrogens (tertiary/aromatic N) is 3. The lowest BCUT2D eigenvalue weighted by molar-refractivity contribution is -0.132. The maximum absolute atomic E-state index is 12.3. The first-order valence-corrected chi connectivity index (χ1v) is 9.33. The van der Waals surface area contributed by atoms with Gasteiger partial charge in [0.25, 0.3) is 0 Å². The van der Waals surface area contributed by atoms with Crippen LogP contribution in [0.1, 0.15) is 42.0 Å². The van der Waals surface area contributed by atoms with E-state index in [1.807, 2.05) is 25.8 Å². The lowest BCUT2D eigenvalue weighted by Crippen LogP contribution is -2.28. The molecule has 0 saturated carbocycles. The quantitative estimate of drug-likeness (QED) is 0.801. The molecule has 3 rings (SSSR count). The number of aromatic nitrogens is 1. The Hall–Kier alpha value is -3.53. The van der Waals surface area contributed by atoms with Gasteiger partial charge in [-0.3, -0.25) is 0 Å². The lowest BCUT2D eigenvalue weighted by Gasteiger charge is -2.34. The van der Waals surface area contributed by atoms with E-state index in [4.69, 9.17) is 4.74 Å². The van der Waals surface area contributed by atoms with E-state index in [1.54, 1.807) is 31.3 Å². The number of benzene rings is 1. The number of allylic oxidation sites excluding steroid dienone is 1. The summed E-state index contributed by atoms with van der Waals surface area (Å²) in [5.41, 5.74) is 4.51. The zero-order chi connectivity index (χ0) is 21.3. The number of hydrogen-bond acceptors (Lipinski definition) is 6. The van der Waals surface area contributed by atoms with Crippen LogP contribution in [0, 0.1) is 18.3 Å². The molecule has 150 valence electrons. The van der Waals surface area contributed by atoms with E-state index in [-0.39, 0.29) is 5.57 Å². The van der Waals surface area contributed by atoms with Crippen molar-refractivity contribution in [3.63, 3.8) is 0 Å². The molecule has 1 atom stereocenters. The maximum atomic E-state index is 12.3. The summed E-state index contributed by atoms with van der Waals surface area (Å²) in [4.78, 5) is 18.9. The molecule has 1 aliphatic rings. The molecule has 1 unspecified atom stereocenters. The highest BCUT2D eigenvalue weighted by atomic mass is 16.5. The number of nitriles is 1. The summed E-state index contributed by atoms with van der Waals surface area (Å²) in [5.74, 6) is -0.421. The van der Waals surface area contributed by atoms with Gasteiger partial charge in [-0.2, -0.15) is 5.26 Å². The van der Waals surface area contributed by atoms with Gasteiger partial charge >= 0.3 is 5.97 Å². The molecule has 7 heteroatoms. The van der Waals surface area contributed by atoms with Crippen molar-refractivity contribution in [1.29, 1.82) is 5.26 Å². The van der Waals surface area contributed by atoms with E-state index in [2.05, 4.69) is 16.4 Å². The Balaban J connectivity index is 2.40. The molecular weight excluding hydrogens is 368 g/mol. The van der Waals surface area contributed by atoms with Gasteiger partial charge in [0.15, 0.2) is 0 Å². The van der Waals surface area contributed by atoms with Crippen LogP contribution in [0.2, 0.25) is 0 Å². The number of carboxylic acid groups (broad SMARTS) is 1. The summed E-state index contributed by atoms with van der Waals surface area (Å²) in [5, 5.41) is 22.6. The third-order valence-electron chi connectivity index (χ3n) is 5.32. The molecule has 1 aromatic carbocycles. The Bertz CT molecular complexity index is 1050. The minimum Gasteiger partial charge on any atom is -0.496 e. The van der Waals surface area contributed by atoms with Gasteiger partial charge in [-0.1, -0.05) is 6.07 Å². The molecule has 0 aliphatic carbocycles. The van der Waals surface area contributed by atoms with Crippen molar-refractivity contribution in [2.75, 3.05) is 30.9 Å². The first-order chi connectivity index (χ1) is 13.8. The fraction of sp³-hybridized carbons (Fsp3) is 0.318. The van der Waals surface area contributed by atoms with Gasteiger partial charge in [-0.15, -0.1) is 0 Å². The number of pyridine rings is 1. The summed E-state index contributed by atoms with van der Waals surface area (Å²) < 4.78 is 5.56. The normalized spacial score (nSPS) is 15.2. The average Bonchev–Trinajstić information content (AvgIpc) is 2.72. The first-order valence-electron chi connectivity index (χ1n) is 9.33. The van der Waals surface area contributed by atoms with Crippen LogP contribution in [0.25, 0.3) is 0 Å². The van der Waals surface area contributed by atoms with Gasteiger partial charge in [0.1, 0.15) is 11.6 Å². The number of ether oxygens (including phenoxy) is 1. The molecule has 2 N–H and O–H groups in total. The Morgan fingerprint density at radius 3 is 2.72 bits per heavy atom. The fourth-order valence-corrected chi connectivity index (χ4v) is 3.74. The molecule has 0 bridgehead atoms. The van der Waals surface area contributed by atoms with E-state index >= 15 is 0 Å². The zero-order valence-corrected chi connectivity index (χ0v) is 17.2. The van der Waals surface area contributed by atoms with Gasteiger partial charge in [0.2, 0.25) is 0 Å². The highest BCUT2D eigenvalue weighted by Crippen LogP contribution is 2.48. The van der Waals surface area contributed by atoms with Crippen LogP contribution >= 0.6 is 0 Å². The van der Waals surface area contributed by atoms with Crippen LogP contribution in [0.4, 0.5) is 11.5 Å². The predicted octanol–water partition coefficient (Wildman–Crippen LogP) is 3.64. The second-order valence-electron chi connectivity index (χ2n) is 7.04. The van der Waals surface area contributed by atoms with Gasteiger partial charge in [-0.25, -0.2) is 9.78 Å². The van der Waals surface area contributed by atoms with Gasteiger partial charge in [0.05, 0.1) is 35.9 Å². The molecule has 1 aliphatic heterocycles. The van der Waals surface area contributed by atoms with E-state index in [9.17, 15) is 15.2 Å². The molecule has 1 aromatic heterocycles. The van der Waals surface area contributed by atoms with Crippen LogP contribution in [0.3, 0.4) is 0 Å². The van der Waals surface area contributed by atoms with E-state index in [1.165, 1.54) is 7.11 Å². The van der Waals surface area contributed by atoms with Crippen molar-refractivity contribution in [3.8, 4) is 11.8 Å². The van der Waals surface area contributed by atoms with E-state index < -0.39 is 11.9 Å². The lowest BCUT2D eigenvalue weighted by atomic mass is 9.79. The van der Waals surface area contributed by atoms with Crippen LogP contribution in [0.5, 0.6) is 5.75 Å². The van der Waals surface area contributed by atoms with E-state index in [0.29, 0.717) is 34.9 Å². The number of fused-ring (bicyclic) bond motifs is 1. The Labute approximate surface area is 170 Å². The highest BCUT2D eigenvalue weighted by molar-refractivity contribution is 5.95. The number of aryl methyl sites for hydroxylation is 1. The Morgan fingerprint density at radius 1 is 1.41 bits per heavy atom. The summed E-state index contributed by atoms with van der Waals surface area (Å²) in [7, 11) is 3.45. The monoisotopic (exact) mass is 392 g/mol. The topological polar surface area (TPSA) is 98.5 Å². The minimum absolute atomic E-state index is 0.235. The Morgan fingerprint density at radius 2 is 2.14 bits per heavy atom. The van der Waals surface area contributed by atoms with Gasteiger partial charge in [0, 0.05) is 36.6 Å². The van der Waals surface area contributed by atoms with Crippen molar-refractivity contribution in [2.45, 2.75) is 26.7 Å². The summed E-state index contributed by atoms with van der Waals surface area (Å²) in [6, 6.07) is 7.19. The summed E-state index contributed by atoms with van der Waals surface area (Å²) >= 11 is 0. The standard InChI is InChI=1S/C22H24N4O3/c1-6-26(4)21-19-18(15-8-7-14(10-23)9-16(15)29-5)17(22(27)28)13(3)25-20(19)12(2)11-24-21/h7-9,11,18,25H,6H2,1-5H3,(H,27,28). The SMILES string of the molecule is CCN(C)c1ncc(C)c2c1C(c1ccc(C#N)cc1OC)C(C(=O)O)=C(C)N2. The number of rotatable bonds is 5. The molecule has 2 heterocycles. The van der Waals surface area contributed by atoms with Crippen LogP contribution in [0.15, 0.2) is 35.7 Å². The zero-order valence-electron chi connectivity index (χ0n) is 17.2. The van der Waals surface area contributed by atoms with Crippen LogP contribution < -0.4 is 15.0 Å². The van der Waals surface area contributed by atoms with Crippen molar-refractivity contribution >= 4 is 17.5 Å². The number of carbonyl (C=O) groups is 1. The van der Waals surface area contributed by atoms with E-state index in [0.717, 1.165) is 16.8 Å². The molecule has 0 radical (unpaired) electrons. The second-order valence-corrected chi connectivity index (χ2v) is 7.04. The molecular formula is C22H24N4O3. The van der Waals surface area contributed by atoms with Crippen LogP contribution in [-0.2, 0) is 4.79 Å². The smallest absolute Gasteiger partial charge is 0.334 e. The summed E-state index contributed by atoms with van der Waals surface area (Å²) in [6.07, 6.45) is 1.79.